The van der Waals surface area contributed by atoms with Gasteiger partial charge >= 0.3 is 0 Å². The Morgan fingerprint density at radius 1 is 1.11 bits per heavy atom. The Bertz CT molecular complexity index is 1430. The van der Waals surface area contributed by atoms with E-state index < -0.39 is 11.9 Å². The van der Waals surface area contributed by atoms with E-state index >= 15 is 0 Å². The lowest BCUT2D eigenvalue weighted by Crippen LogP contribution is -2.54. The van der Waals surface area contributed by atoms with E-state index in [1.54, 1.807) is 52.5 Å². The van der Waals surface area contributed by atoms with Gasteiger partial charge in [0.2, 0.25) is 5.91 Å². The van der Waals surface area contributed by atoms with Gasteiger partial charge in [-0.2, -0.15) is 0 Å². The largest absolute Gasteiger partial charge is 0.453 e. The van der Waals surface area contributed by atoms with Crippen LogP contribution in [0, 0.1) is 12.7 Å². The molecule has 9 nitrogen and oxygen atoms in total. The standard InChI is InChI=1S/C27H27FN6O3/c1-17-15-32-25-24(17)23(6-8-31-25)37-22-5-4-18(13-20(22)28)14-21(29)27(36)34-11-9-33(10-12-34)26(35)19-3-2-7-30-16-19/h2-8,13,15-16,21H,9-12,14,29H2,1H3,(H,31,32). The zero-order valence-corrected chi connectivity index (χ0v) is 20.4. The van der Waals surface area contributed by atoms with Crippen molar-refractivity contribution in [1.82, 2.24) is 24.8 Å². The van der Waals surface area contributed by atoms with Crippen molar-refractivity contribution < 1.29 is 18.7 Å². The van der Waals surface area contributed by atoms with Gasteiger partial charge < -0.3 is 25.3 Å². The SMILES string of the molecule is Cc1c[nH]c2nccc(Oc3ccc(CC(N)C(=O)N4CCN(C(=O)c5cccnc5)CC4)cc3F)c12. The average molecular weight is 503 g/mol. The van der Waals surface area contributed by atoms with E-state index in [1.807, 2.05) is 13.1 Å². The predicted molar refractivity (Wildman–Crippen MR) is 136 cm³/mol. The van der Waals surface area contributed by atoms with E-state index in [9.17, 15) is 14.0 Å². The minimum absolute atomic E-state index is 0.0751. The number of hydrogen-bond donors (Lipinski definition) is 2. The van der Waals surface area contributed by atoms with E-state index in [1.165, 1.54) is 12.3 Å². The lowest BCUT2D eigenvalue weighted by Gasteiger charge is -2.36. The number of carbonyl (C=O) groups is 2. The fourth-order valence-corrected chi connectivity index (χ4v) is 4.52. The zero-order valence-electron chi connectivity index (χ0n) is 20.4. The number of rotatable bonds is 6. The van der Waals surface area contributed by atoms with E-state index in [0.29, 0.717) is 48.7 Å². The number of nitrogens with two attached hydrogens (primary N) is 1. The summed E-state index contributed by atoms with van der Waals surface area (Å²) in [6.07, 6.45) is 6.75. The van der Waals surface area contributed by atoms with Crippen molar-refractivity contribution in [3.05, 3.63) is 83.7 Å². The van der Waals surface area contributed by atoms with Gasteiger partial charge in [0.05, 0.1) is 17.0 Å². The molecule has 5 rings (SSSR count). The van der Waals surface area contributed by atoms with Gasteiger partial charge in [0.15, 0.2) is 11.6 Å². The molecule has 1 atom stereocenters. The first-order valence-electron chi connectivity index (χ1n) is 12.0. The maximum absolute atomic E-state index is 14.9. The summed E-state index contributed by atoms with van der Waals surface area (Å²) in [6, 6.07) is 8.89. The molecule has 2 amide bonds. The smallest absolute Gasteiger partial charge is 0.255 e. The van der Waals surface area contributed by atoms with Gasteiger partial charge in [0, 0.05) is 51.0 Å². The number of fused-ring (bicyclic) bond motifs is 1. The number of piperazine rings is 1. The number of nitrogens with one attached hydrogen (secondary N) is 1. The van der Waals surface area contributed by atoms with Crippen molar-refractivity contribution in [2.45, 2.75) is 19.4 Å². The molecule has 1 saturated heterocycles. The van der Waals surface area contributed by atoms with Crippen molar-refractivity contribution in [2.75, 3.05) is 26.2 Å². The second-order valence-electron chi connectivity index (χ2n) is 9.04. The quantitative estimate of drug-likeness (QED) is 0.419. The number of benzene rings is 1. The highest BCUT2D eigenvalue weighted by atomic mass is 19.1. The third-order valence-electron chi connectivity index (χ3n) is 6.51. The van der Waals surface area contributed by atoms with Crippen LogP contribution in [0.3, 0.4) is 0 Å². The summed E-state index contributed by atoms with van der Waals surface area (Å²) in [6.45, 7) is 3.52. The number of aryl methyl sites for hydroxylation is 1. The third-order valence-corrected chi connectivity index (χ3v) is 6.51. The summed E-state index contributed by atoms with van der Waals surface area (Å²) in [5.74, 6) is -0.301. The molecule has 0 bridgehead atoms. The van der Waals surface area contributed by atoms with E-state index in [2.05, 4.69) is 15.0 Å². The second-order valence-corrected chi connectivity index (χ2v) is 9.04. The van der Waals surface area contributed by atoms with Crippen LogP contribution in [0.5, 0.6) is 11.5 Å². The molecule has 1 aliphatic heterocycles. The van der Waals surface area contributed by atoms with Gasteiger partial charge in [-0.15, -0.1) is 0 Å². The lowest BCUT2D eigenvalue weighted by molar-refractivity contribution is -0.134. The molecule has 0 aliphatic carbocycles. The number of nitrogens with zero attached hydrogens (tertiary/aromatic N) is 4. The maximum atomic E-state index is 14.9. The molecule has 1 aromatic carbocycles. The lowest BCUT2D eigenvalue weighted by atomic mass is 10.0. The van der Waals surface area contributed by atoms with Crippen LogP contribution in [-0.2, 0) is 11.2 Å². The number of aromatic amines is 1. The van der Waals surface area contributed by atoms with Crippen LogP contribution in [0.1, 0.15) is 21.5 Å². The van der Waals surface area contributed by atoms with Crippen LogP contribution in [0.2, 0.25) is 0 Å². The number of carbonyl (C=O) groups excluding carboxylic acids is 2. The fraction of sp³-hybridized carbons (Fsp3) is 0.259. The molecule has 3 N–H and O–H groups in total. The van der Waals surface area contributed by atoms with Crippen LogP contribution in [-0.4, -0.2) is 68.8 Å². The van der Waals surface area contributed by atoms with E-state index in [4.69, 9.17) is 10.5 Å². The Labute approximate surface area is 213 Å². The van der Waals surface area contributed by atoms with Crippen LogP contribution in [0.4, 0.5) is 4.39 Å². The van der Waals surface area contributed by atoms with Gasteiger partial charge in [0.25, 0.3) is 5.91 Å². The van der Waals surface area contributed by atoms with Gasteiger partial charge in [-0.1, -0.05) is 6.07 Å². The topological polar surface area (TPSA) is 117 Å². The Balaban J connectivity index is 1.18. The molecule has 0 saturated carbocycles. The van der Waals surface area contributed by atoms with Crippen LogP contribution >= 0.6 is 0 Å². The molecule has 1 unspecified atom stereocenters. The Kier molecular flexibility index (Phi) is 6.82. The van der Waals surface area contributed by atoms with Crippen molar-refractivity contribution >= 4 is 22.8 Å². The summed E-state index contributed by atoms with van der Waals surface area (Å²) in [4.78, 5) is 40.2. The zero-order chi connectivity index (χ0) is 25.9. The molecular formula is C27H27FN6O3. The molecule has 37 heavy (non-hydrogen) atoms. The van der Waals surface area contributed by atoms with Crippen molar-refractivity contribution in [3.8, 4) is 11.5 Å². The summed E-state index contributed by atoms with van der Waals surface area (Å²) in [7, 11) is 0. The first-order valence-corrected chi connectivity index (χ1v) is 12.0. The van der Waals surface area contributed by atoms with Crippen LogP contribution in [0.25, 0.3) is 11.0 Å². The number of halogens is 1. The van der Waals surface area contributed by atoms with Gasteiger partial charge in [0.1, 0.15) is 11.4 Å². The molecule has 4 aromatic rings. The highest BCUT2D eigenvalue weighted by Gasteiger charge is 2.28. The van der Waals surface area contributed by atoms with E-state index in [0.717, 1.165) is 10.9 Å². The minimum Gasteiger partial charge on any atom is -0.453 e. The van der Waals surface area contributed by atoms with Crippen LogP contribution in [0.15, 0.2) is 61.2 Å². The molecule has 10 heteroatoms. The summed E-state index contributed by atoms with van der Waals surface area (Å²) >= 11 is 0. The molecular weight excluding hydrogens is 475 g/mol. The Morgan fingerprint density at radius 3 is 2.62 bits per heavy atom. The van der Waals surface area contributed by atoms with Crippen molar-refractivity contribution in [2.24, 2.45) is 5.73 Å². The third kappa shape index (κ3) is 5.14. The van der Waals surface area contributed by atoms with Gasteiger partial charge in [-0.3, -0.25) is 14.6 Å². The fourth-order valence-electron chi connectivity index (χ4n) is 4.52. The maximum Gasteiger partial charge on any atom is 0.255 e. The first kappa shape index (κ1) is 24.4. The van der Waals surface area contributed by atoms with Crippen molar-refractivity contribution in [3.63, 3.8) is 0 Å². The molecule has 0 spiro atoms. The molecule has 0 radical (unpaired) electrons. The molecule has 3 aromatic heterocycles. The normalized spacial score (nSPS) is 14.6. The van der Waals surface area contributed by atoms with Crippen LogP contribution < -0.4 is 10.5 Å². The minimum atomic E-state index is -0.825. The number of H-pyrrole nitrogens is 1. The Morgan fingerprint density at radius 2 is 1.89 bits per heavy atom. The van der Waals surface area contributed by atoms with Gasteiger partial charge in [-0.05, 0) is 54.8 Å². The molecule has 1 fully saturated rings. The second kappa shape index (κ2) is 10.4. The molecule has 1 aliphatic rings. The predicted octanol–water partition coefficient (Wildman–Crippen LogP) is 3.05. The first-order chi connectivity index (χ1) is 17.9. The van der Waals surface area contributed by atoms with E-state index in [-0.39, 0.29) is 24.0 Å². The highest BCUT2D eigenvalue weighted by molar-refractivity contribution is 5.94. The molecule has 4 heterocycles. The summed E-state index contributed by atoms with van der Waals surface area (Å²) < 4.78 is 20.7. The number of pyridine rings is 2. The number of aromatic nitrogens is 3. The Hall–Kier alpha value is -4.31. The molecule has 190 valence electrons. The monoisotopic (exact) mass is 502 g/mol. The average Bonchev–Trinajstić information content (AvgIpc) is 3.31. The highest BCUT2D eigenvalue weighted by Crippen LogP contribution is 2.32. The van der Waals surface area contributed by atoms with Crippen molar-refractivity contribution in [1.29, 1.82) is 0 Å². The summed E-state index contributed by atoms with van der Waals surface area (Å²) in [5.41, 5.74) is 8.92. The number of ether oxygens (including phenoxy) is 1. The van der Waals surface area contributed by atoms with Gasteiger partial charge in [-0.25, -0.2) is 9.37 Å². The number of hydrogen-bond acceptors (Lipinski definition) is 6. The summed E-state index contributed by atoms with van der Waals surface area (Å²) in [5, 5.41) is 0.792. The number of amides is 2.